The highest BCUT2D eigenvalue weighted by Gasteiger charge is 2.11. The predicted octanol–water partition coefficient (Wildman–Crippen LogP) is 1.99. The molecule has 0 aliphatic carbocycles. The highest BCUT2D eigenvalue weighted by molar-refractivity contribution is 5.73. The summed E-state index contributed by atoms with van der Waals surface area (Å²) in [5.41, 5.74) is 0. The second-order valence-corrected chi connectivity index (χ2v) is 2.73. The molecular weight excluding hydrogens is 126 g/mol. The summed E-state index contributed by atoms with van der Waals surface area (Å²) in [6.07, 6.45) is 3.54. The second kappa shape index (κ2) is 3.59. The van der Waals surface area contributed by atoms with Crippen LogP contribution in [0.3, 0.4) is 0 Å². The van der Waals surface area contributed by atoms with Crippen molar-refractivity contribution >= 4 is 5.90 Å². The zero-order valence-corrected chi connectivity index (χ0v) is 6.76. The fraction of sp³-hybridized carbons (Fsp3) is 0.875. The van der Waals surface area contributed by atoms with Crippen LogP contribution < -0.4 is 0 Å². The first-order chi connectivity index (χ1) is 4.83. The molecule has 2 heteroatoms. The van der Waals surface area contributed by atoms with Crippen molar-refractivity contribution in [3.05, 3.63) is 0 Å². The van der Waals surface area contributed by atoms with Gasteiger partial charge in [-0.15, -0.1) is 0 Å². The van der Waals surface area contributed by atoms with Gasteiger partial charge in [0.25, 0.3) is 0 Å². The van der Waals surface area contributed by atoms with E-state index in [1.807, 2.05) is 6.92 Å². The summed E-state index contributed by atoms with van der Waals surface area (Å²) in [7, 11) is 0. The van der Waals surface area contributed by atoms with Gasteiger partial charge in [-0.05, 0) is 6.42 Å². The predicted molar refractivity (Wildman–Crippen MR) is 42.4 cm³/mol. The van der Waals surface area contributed by atoms with Gasteiger partial charge in [0.1, 0.15) is 0 Å². The Balaban J connectivity index is 2.38. The van der Waals surface area contributed by atoms with Crippen LogP contribution in [0.1, 0.15) is 33.1 Å². The molecule has 0 fully saturated rings. The van der Waals surface area contributed by atoms with Crippen molar-refractivity contribution in [2.24, 2.45) is 4.99 Å². The zero-order chi connectivity index (χ0) is 7.40. The maximum Gasteiger partial charge on any atom is 0.180 e. The van der Waals surface area contributed by atoms with E-state index in [0.29, 0.717) is 6.04 Å². The van der Waals surface area contributed by atoms with Gasteiger partial charge in [-0.2, -0.15) is 0 Å². The SMILES string of the molecule is CCCC1CCOC(C)=N1. The Morgan fingerprint density at radius 1 is 1.70 bits per heavy atom. The third-order valence-electron chi connectivity index (χ3n) is 1.75. The molecule has 0 bridgehead atoms. The average Bonchev–Trinajstić information content (AvgIpc) is 1.88. The van der Waals surface area contributed by atoms with Gasteiger partial charge in [-0.3, -0.25) is 4.99 Å². The van der Waals surface area contributed by atoms with Crippen molar-refractivity contribution in [1.82, 2.24) is 0 Å². The third kappa shape index (κ3) is 2.01. The highest BCUT2D eigenvalue weighted by atomic mass is 16.5. The van der Waals surface area contributed by atoms with Crippen LogP contribution in [0.5, 0.6) is 0 Å². The molecule has 0 aromatic carbocycles. The Hall–Kier alpha value is -0.530. The maximum atomic E-state index is 5.20. The zero-order valence-electron chi connectivity index (χ0n) is 6.76. The van der Waals surface area contributed by atoms with Crippen molar-refractivity contribution in [2.45, 2.75) is 39.2 Å². The van der Waals surface area contributed by atoms with Gasteiger partial charge in [0, 0.05) is 13.3 Å². The molecular formula is C8H15NO. The Labute approximate surface area is 62.3 Å². The Bertz CT molecular complexity index is 131. The monoisotopic (exact) mass is 141 g/mol. The van der Waals surface area contributed by atoms with Gasteiger partial charge in [0.15, 0.2) is 5.90 Å². The second-order valence-electron chi connectivity index (χ2n) is 2.73. The Morgan fingerprint density at radius 3 is 3.10 bits per heavy atom. The van der Waals surface area contributed by atoms with Crippen LogP contribution in [0, 0.1) is 0 Å². The lowest BCUT2D eigenvalue weighted by atomic mass is 10.1. The fourth-order valence-electron chi connectivity index (χ4n) is 1.24. The fourth-order valence-corrected chi connectivity index (χ4v) is 1.24. The van der Waals surface area contributed by atoms with E-state index in [9.17, 15) is 0 Å². The first-order valence-corrected chi connectivity index (χ1v) is 4.00. The number of hydrogen-bond donors (Lipinski definition) is 0. The molecule has 1 heterocycles. The number of hydrogen-bond acceptors (Lipinski definition) is 2. The number of ether oxygens (including phenoxy) is 1. The van der Waals surface area contributed by atoms with E-state index in [0.717, 1.165) is 18.9 Å². The molecule has 0 spiro atoms. The molecule has 1 aliphatic rings. The molecule has 0 aromatic heterocycles. The van der Waals surface area contributed by atoms with E-state index in [4.69, 9.17) is 4.74 Å². The lowest BCUT2D eigenvalue weighted by Crippen LogP contribution is -2.18. The van der Waals surface area contributed by atoms with Crippen LogP contribution in [-0.4, -0.2) is 18.5 Å². The van der Waals surface area contributed by atoms with Crippen LogP contribution in [0.25, 0.3) is 0 Å². The summed E-state index contributed by atoms with van der Waals surface area (Å²) in [5.74, 6) is 0.865. The smallest absolute Gasteiger partial charge is 0.180 e. The van der Waals surface area contributed by atoms with Gasteiger partial charge in [-0.25, -0.2) is 0 Å². The van der Waals surface area contributed by atoms with Crippen LogP contribution in [0.2, 0.25) is 0 Å². The van der Waals surface area contributed by atoms with Gasteiger partial charge in [0.2, 0.25) is 0 Å². The normalized spacial score (nSPS) is 25.4. The lowest BCUT2D eigenvalue weighted by molar-refractivity contribution is 0.253. The van der Waals surface area contributed by atoms with Gasteiger partial charge < -0.3 is 4.74 Å². The quantitative estimate of drug-likeness (QED) is 0.576. The standard InChI is InChI=1S/C8H15NO/c1-3-4-8-5-6-10-7(2)9-8/h8H,3-6H2,1-2H3. The molecule has 0 saturated carbocycles. The first-order valence-electron chi connectivity index (χ1n) is 4.00. The minimum absolute atomic E-state index is 0.541. The van der Waals surface area contributed by atoms with E-state index < -0.39 is 0 Å². The number of nitrogens with zero attached hydrogens (tertiary/aromatic N) is 1. The molecule has 0 saturated heterocycles. The van der Waals surface area contributed by atoms with Crippen LogP contribution >= 0.6 is 0 Å². The summed E-state index contributed by atoms with van der Waals surface area (Å²) in [5, 5.41) is 0. The Kier molecular flexibility index (Phi) is 2.72. The van der Waals surface area contributed by atoms with Gasteiger partial charge in [-0.1, -0.05) is 13.3 Å². The minimum Gasteiger partial charge on any atom is -0.481 e. The van der Waals surface area contributed by atoms with Gasteiger partial charge in [0.05, 0.1) is 12.6 Å². The molecule has 1 unspecified atom stereocenters. The molecule has 0 aromatic rings. The summed E-state index contributed by atoms with van der Waals surface area (Å²) in [6.45, 7) is 4.99. The first kappa shape index (κ1) is 7.58. The maximum absolute atomic E-state index is 5.20. The Morgan fingerprint density at radius 2 is 2.50 bits per heavy atom. The molecule has 0 radical (unpaired) electrons. The van der Waals surface area contributed by atoms with E-state index in [1.54, 1.807) is 0 Å². The molecule has 0 amide bonds. The summed E-state index contributed by atoms with van der Waals surface area (Å²) in [4.78, 5) is 4.37. The van der Waals surface area contributed by atoms with Crippen molar-refractivity contribution in [1.29, 1.82) is 0 Å². The molecule has 10 heavy (non-hydrogen) atoms. The van der Waals surface area contributed by atoms with Crippen LogP contribution in [-0.2, 0) is 4.74 Å². The molecule has 58 valence electrons. The molecule has 1 atom stereocenters. The molecule has 2 nitrogen and oxygen atoms in total. The minimum atomic E-state index is 0.541. The molecule has 0 N–H and O–H groups in total. The van der Waals surface area contributed by atoms with E-state index in [2.05, 4.69) is 11.9 Å². The van der Waals surface area contributed by atoms with E-state index >= 15 is 0 Å². The van der Waals surface area contributed by atoms with Gasteiger partial charge >= 0.3 is 0 Å². The lowest BCUT2D eigenvalue weighted by Gasteiger charge is -2.18. The molecule has 1 rings (SSSR count). The largest absolute Gasteiger partial charge is 0.481 e. The average molecular weight is 141 g/mol. The number of rotatable bonds is 2. The van der Waals surface area contributed by atoms with Crippen LogP contribution in [0.4, 0.5) is 0 Å². The molecule has 1 aliphatic heterocycles. The third-order valence-corrected chi connectivity index (χ3v) is 1.75. The summed E-state index contributed by atoms with van der Waals surface area (Å²) >= 11 is 0. The van der Waals surface area contributed by atoms with E-state index in [1.165, 1.54) is 12.8 Å². The van der Waals surface area contributed by atoms with Crippen LogP contribution in [0.15, 0.2) is 4.99 Å². The highest BCUT2D eigenvalue weighted by Crippen LogP contribution is 2.11. The number of aliphatic imine (C=N–C) groups is 1. The van der Waals surface area contributed by atoms with Crippen molar-refractivity contribution < 1.29 is 4.74 Å². The summed E-state index contributed by atoms with van der Waals surface area (Å²) < 4.78 is 5.20. The van der Waals surface area contributed by atoms with Crippen molar-refractivity contribution in [2.75, 3.05) is 6.61 Å². The van der Waals surface area contributed by atoms with Crippen molar-refractivity contribution in [3.63, 3.8) is 0 Å². The van der Waals surface area contributed by atoms with Crippen molar-refractivity contribution in [3.8, 4) is 0 Å². The summed E-state index contributed by atoms with van der Waals surface area (Å²) in [6, 6.07) is 0.541. The topological polar surface area (TPSA) is 21.6 Å². The van der Waals surface area contributed by atoms with E-state index in [-0.39, 0.29) is 0 Å².